The van der Waals surface area contributed by atoms with Crippen LogP contribution in [-0.2, 0) is 6.54 Å². The predicted octanol–water partition coefficient (Wildman–Crippen LogP) is 3.17. The molecule has 1 aromatic heterocycles. The molecular weight excluding hydrogens is 415 g/mol. The lowest BCUT2D eigenvalue weighted by atomic mass is 10.1. The summed E-state index contributed by atoms with van der Waals surface area (Å²) in [5.41, 5.74) is 2.50. The number of aliphatic imine (C=N–C) groups is 1. The van der Waals surface area contributed by atoms with Crippen molar-refractivity contribution in [2.24, 2.45) is 4.99 Å². The van der Waals surface area contributed by atoms with E-state index in [9.17, 15) is 0 Å². The third-order valence-electron chi connectivity index (χ3n) is 3.76. The van der Waals surface area contributed by atoms with Gasteiger partial charge in [0.2, 0.25) is 0 Å². The van der Waals surface area contributed by atoms with E-state index in [-0.39, 0.29) is 30.0 Å². The van der Waals surface area contributed by atoms with Crippen LogP contribution in [-0.4, -0.2) is 38.5 Å². The van der Waals surface area contributed by atoms with Crippen LogP contribution in [0.3, 0.4) is 0 Å². The third kappa shape index (κ3) is 6.16. The van der Waals surface area contributed by atoms with E-state index >= 15 is 0 Å². The fourth-order valence-electron chi connectivity index (χ4n) is 2.32. The highest BCUT2D eigenvalue weighted by Crippen LogP contribution is 2.17. The van der Waals surface area contributed by atoms with E-state index < -0.39 is 0 Å². The van der Waals surface area contributed by atoms with E-state index in [4.69, 9.17) is 4.42 Å². The zero-order chi connectivity index (χ0) is 16.7. The first kappa shape index (κ1) is 20.5. The van der Waals surface area contributed by atoms with Crippen molar-refractivity contribution < 1.29 is 4.42 Å². The van der Waals surface area contributed by atoms with Gasteiger partial charge >= 0.3 is 0 Å². The Balaban J connectivity index is 0.00000288. The van der Waals surface area contributed by atoms with E-state index in [1.807, 2.05) is 26.2 Å². The highest BCUT2D eigenvalue weighted by Gasteiger charge is 2.17. The molecule has 0 saturated heterocycles. The van der Waals surface area contributed by atoms with E-state index in [0.29, 0.717) is 6.54 Å². The van der Waals surface area contributed by atoms with Crippen LogP contribution in [0.4, 0.5) is 0 Å². The fourth-order valence-corrected chi connectivity index (χ4v) is 2.32. The molecule has 0 aliphatic rings. The second kappa shape index (κ2) is 10.4. The van der Waals surface area contributed by atoms with Gasteiger partial charge in [0.25, 0.3) is 0 Å². The van der Waals surface area contributed by atoms with E-state index in [2.05, 4.69) is 51.7 Å². The van der Waals surface area contributed by atoms with Gasteiger partial charge in [0.15, 0.2) is 5.96 Å². The molecule has 0 aliphatic heterocycles. The number of furan rings is 1. The van der Waals surface area contributed by atoms with Gasteiger partial charge in [0.1, 0.15) is 5.76 Å². The van der Waals surface area contributed by atoms with Crippen molar-refractivity contribution in [3.05, 3.63) is 59.5 Å². The Morgan fingerprint density at radius 2 is 1.88 bits per heavy atom. The van der Waals surface area contributed by atoms with Gasteiger partial charge in [-0.25, -0.2) is 0 Å². The molecule has 1 aromatic carbocycles. The van der Waals surface area contributed by atoms with Crippen LogP contribution in [0, 0.1) is 6.92 Å². The maximum atomic E-state index is 5.52. The molecule has 0 amide bonds. The second-order valence-corrected chi connectivity index (χ2v) is 5.79. The minimum Gasteiger partial charge on any atom is -0.468 e. The highest BCUT2D eigenvalue weighted by molar-refractivity contribution is 14.0. The van der Waals surface area contributed by atoms with Gasteiger partial charge in [0, 0.05) is 20.1 Å². The molecule has 2 aromatic rings. The number of hydrogen-bond acceptors (Lipinski definition) is 3. The van der Waals surface area contributed by atoms with Crippen molar-refractivity contribution in [2.45, 2.75) is 19.5 Å². The van der Waals surface area contributed by atoms with Crippen LogP contribution in [0.1, 0.15) is 22.9 Å². The van der Waals surface area contributed by atoms with Crippen LogP contribution >= 0.6 is 24.0 Å². The maximum absolute atomic E-state index is 5.52. The van der Waals surface area contributed by atoms with Crippen LogP contribution in [0.15, 0.2) is 52.1 Å². The van der Waals surface area contributed by atoms with Gasteiger partial charge in [-0.1, -0.05) is 29.8 Å². The number of aryl methyl sites for hydroxylation is 1. The molecule has 0 bridgehead atoms. The van der Waals surface area contributed by atoms with Crippen molar-refractivity contribution in [3.63, 3.8) is 0 Å². The summed E-state index contributed by atoms with van der Waals surface area (Å²) in [4.78, 5) is 6.40. The quantitative estimate of drug-likeness (QED) is 0.410. The molecule has 0 spiro atoms. The Kier molecular flexibility index (Phi) is 8.84. The second-order valence-electron chi connectivity index (χ2n) is 5.79. The van der Waals surface area contributed by atoms with E-state index in [0.717, 1.165) is 18.3 Å². The molecule has 2 N–H and O–H groups in total. The summed E-state index contributed by atoms with van der Waals surface area (Å²) < 4.78 is 5.52. The number of rotatable bonds is 6. The first-order chi connectivity index (χ1) is 11.1. The van der Waals surface area contributed by atoms with Gasteiger partial charge < -0.3 is 15.1 Å². The lowest BCUT2D eigenvalue weighted by Crippen LogP contribution is -2.41. The zero-order valence-electron chi connectivity index (χ0n) is 14.7. The molecule has 6 heteroatoms. The standard InChI is InChI=1S/C18H26N4O.HI/c1-14-7-9-15(10-8-14)12-20-18(19-2)21-13-16(22(3)4)17-6-5-11-23-17;/h5-11,16H,12-13H2,1-4H3,(H2,19,20,21);1H. The SMILES string of the molecule is CN=C(NCc1ccc(C)cc1)NCC(c1ccco1)N(C)C.I. The number of likely N-dealkylation sites (N-methyl/N-ethyl adjacent to an activating group) is 1. The van der Waals surface area contributed by atoms with Crippen molar-refractivity contribution in [2.75, 3.05) is 27.7 Å². The van der Waals surface area contributed by atoms with E-state index in [1.165, 1.54) is 11.1 Å². The molecule has 0 radical (unpaired) electrons. The zero-order valence-corrected chi connectivity index (χ0v) is 17.1. The molecule has 1 atom stereocenters. The lowest BCUT2D eigenvalue weighted by Gasteiger charge is -2.23. The molecule has 2 rings (SSSR count). The number of halogens is 1. The lowest BCUT2D eigenvalue weighted by molar-refractivity contribution is 0.258. The molecule has 1 heterocycles. The Hall–Kier alpha value is -1.54. The molecule has 24 heavy (non-hydrogen) atoms. The summed E-state index contributed by atoms with van der Waals surface area (Å²) in [7, 11) is 5.86. The van der Waals surface area contributed by atoms with Crippen molar-refractivity contribution >= 4 is 29.9 Å². The number of hydrogen-bond donors (Lipinski definition) is 2. The first-order valence-corrected chi connectivity index (χ1v) is 7.80. The summed E-state index contributed by atoms with van der Waals surface area (Å²) in [6.07, 6.45) is 1.70. The van der Waals surface area contributed by atoms with Crippen LogP contribution in [0.5, 0.6) is 0 Å². The van der Waals surface area contributed by atoms with Gasteiger partial charge in [-0.2, -0.15) is 0 Å². The normalized spacial score (nSPS) is 12.6. The number of guanidine groups is 1. The number of benzene rings is 1. The molecule has 1 unspecified atom stereocenters. The van der Waals surface area contributed by atoms with Gasteiger partial charge in [-0.15, -0.1) is 24.0 Å². The largest absolute Gasteiger partial charge is 0.468 e. The summed E-state index contributed by atoms with van der Waals surface area (Å²) >= 11 is 0. The van der Waals surface area contributed by atoms with E-state index in [1.54, 1.807) is 13.3 Å². The average Bonchev–Trinajstić information content (AvgIpc) is 3.06. The monoisotopic (exact) mass is 442 g/mol. The average molecular weight is 442 g/mol. The van der Waals surface area contributed by atoms with Crippen molar-refractivity contribution in [1.29, 1.82) is 0 Å². The van der Waals surface area contributed by atoms with Crippen LogP contribution in [0.25, 0.3) is 0 Å². The Bertz CT molecular complexity index is 608. The van der Waals surface area contributed by atoms with Gasteiger partial charge in [-0.3, -0.25) is 9.89 Å². The van der Waals surface area contributed by atoms with Crippen molar-refractivity contribution in [1.82, 2.24) is 15.5 Å². The first-order valence-electron chi connectivity index (χ1n) is 7.80. The molecule has 0 aliphatic carbocycles. The summed E-state index contributed by atoms with van der Waals surface area (Å²) in [5.74, 6) is 1.72. The minimum absolute atomic E-state index is 0. The molecule has 0 saturated carbocycles. The Labute approximate surface area is 161 Å². The van der Waals surface area contributed by atoms with Gasteiger partial charge in [0.05, 0.1) is 12.3 Å². The summed E-state index contributed by atoms with van der Waals surface area (Å²) in [6.45, 7) is 3.55. The molecular formula is C18H27IN4O. The molecule has 0 fully saturated rings. The number of nitrogens with zero attached hydrogens (tertiary/aromatic N) is 2. The predicted molar refractivity (Wildman–Crippen MR) is 110 cm³/mol. The molecule has 5 nitrogen and oxygen atoms in total. The third-order valence-corrected chi connectivity index (χ3v) is 3.76. The van der Waals surface area contributed by atoms with Crippen LogP contribution in [0.2, 0.25) is 0 Å². The minimum atomic E-state index is 0. The topological polar surface area (TPSA) is 52.8 Å². The Morgan fingerprint density at radius 1 is 1.17 bits per heavy atom. The van der Waals surface area contributed by atoms with Crippen LogP contribution < -0.4 is 10.6 Å². The number of nitrogens with one attached hydrogen (secondary N) is 2. The highest BCUT2D eigenvalue weighted by atomic mass is 127. The Morgan fingerprint density at radius 3 is 2.42 bits per heavy atom. The fraction of sp³-hybridized carbons (Fsp3) is 0.389. The smallest absolute Gasteiger partial charge is 0.191 e. The summed E-state index contributed by atoms with van der Waals surface area (Å²) in [6, 6.07) is 12.6. The molecule has 132 valence electrons. The summed E-state index contributed by atoms with van der Waals surface area (Å²) in [5, 5.41) is 6.69. The van der Waals surface area contributed by atoms with Crippen molar-refractivity contribution in [3.8, 4) is 0 Å². The maximum Gasteiger partial charge on any atom is 0.191 e. The van der Waals surface area contributed by atoms with Gasteiger partial charge in [-0.05, 0) is 38.7 Å².